The van der Waals surface area contributed by atoms with Crippen LogP contribution < -0.4 is 21.3 Å². The highest BCUT2D eigenvalue weighted by molar-refractivity contribution is 9.11. The lowest BCUT2D eigenvalue weighted by atomic mass is 10.0. The molecular formula is C24H27Br2N5O6. The van der Waals surface area contributed by atoms with Gasteiger partial charge in [0.2, 0.25) is 5.91 Å². The van der Waals surface area contributed by atoms with Gasteiger partial charge >= 0.3 is 5.97 Å². The van der Waals surface area contributed by atoms with Gasteiger partial charge in [-0.25, -0.2) is 0 Å². The molecule has 2 atom stereocenters. The van der Waals surface area contributed by atoms with Gasteiger partial charge in [-0.15, -0.1) is 0 Å². The summed E-state index contributed by atoms with van der Waals surface area (Å²) in [5.74, 6) is -1.34. The van der Waals surface area contributed by atoms with E-state index < -0.39 is 29.9 Å². The molecule has 0 aliphatic carbocycles. The number of aromatic hydroxyl groups is 1. The number of phenolic OH excluding ortho intramolecular Hbond substituents is 1. The number of aliphatic hydroxyl groups is 1. The summed E-state index contributed by atoms with van der Waals surface area (Å²) >= 11 is 6.80. The molecule has 3 rings (SSSR count). The highest BCUT2D eigenvalue weighted by atomic mass is 79.9. The molecule has 0 fully saturated rings. The van der Waals surface area contributed by atoms with Gasteiger partial charge in [-0.3, -0.25) is 19.4 Å². The number of benzene rings is 2. The molecule has 37 heavy (non-hydrogen) atoms. The van der Waals surface area contributed by atoms with Crippen molar-refractivity contribution in [3.8, 4) is 5.75 Å². The highest BCUT2D eigenvalue weighted by Gasteiger charge is 2.21. The van der Waals surface area contributed by atoms with E-state index in [2.05, 4.69) is 58.1 Å². The Labute approximate surface area is 230 Å². The van der Waals surface area contributed by atoms with E-state index in [1.165, 1.54) is 18.2 Å². The lowest BCUT2D eigenvalue weighted by molar-refractivity contribution is -0.143. The first kappa shape index (κ1) is 28.4. The van der Waals surface area contributed by atoms with Crippen molar-refractivity contribution in [2.75, 3.05) is 31.6 Å². The summed E-state index contributed by atoms with van der Waals surface area (Å²) in [5, 5.41) is 30.7. The van der Waals surface area contributed by atoms with Crippen LogP contribution in [0.3, 0.4) is 0 Å². The summed E-state index contributed by atoms with van der Waals surface area (Å²) in [7, 11) is 0. The minimum atomic E-state index is -0.684. The molecule has 0 spiro atoms. The fourth-order valence-corrected chi connectivity index (χ4v) is 4.82. The summed E-state index contributed by atoms with van der Waals surface area (Å²) < 4.78 is 6.55. The Balaban J connectivity index is 1.64. The van der Waals surface area contributed by atoms with Gasteiger partial charge in [-0.1, -0.05) is 31.9 Å². The van der Waals surface area contributed by atoms with Crippen LogP contribution in [-0.4, -0.2) is 66.3 Å². The SMILES string of the molecule is CCOC(=O)C[C@H](NC(=O)CNC(=O)c1cc(O)cc(NC2=NCC(O)CN2)c1)c1cc(Br)cc(Br)c1. The van der Waals surface area contributed by atoms with Crippen LogP contribution in [0.2, 0.25) is 0 Å². The molecule has 0 saturated carbocycles. The van der Waals surface area contributed by atoms with E-state index >= 15 is 0 Å². The largest absolute Gasteiger partial charge is 0.508 e. The average Bonchev–Trinajstić information content (AvgIpc) is 2.83. The van der Waals surface area contributed by atoms with Gasteiger partial charge in [-0.05, 0) is 42.8 Å². The second kappa shape index (κ2) is 13.4. The minimum absolute atomic E-state index is 0.0903. The van der Waals surface area contributed by atoms with Gasteiger partial charge in [0.1, 0.15) is 5.75 Å². The molecule has 0 saturated heterocycles. The molecule has 0 aromatic heterocycles. The Bertz CT molecular complexity index is 1170. The van der Waals surface area contributed by atoms with Crippen molar-refractivity contribution in [2.24, 2.45) is 4.99 Å². The Hall–Kier alpha value is -3.16. The van der Waals surface area contributed by atoms with Gasteiger partial charge in [0.05, 0.1) is 38.3 Å². The van der Waals surface area contributed by atoms with E-state index in [-0.39, 0.29) is 37.4 Å². The number of amides is 2. The zero-order valence-electron chi connectivity index (χ0n) is 19.9. The summed E-state index contributed by atoms with van der Waals surface area (Å²) in [6, 6.07) is 8.87. The molecule has 1 aliphatic rings. The quantitative estimate of drug-likeness (QED) is 0.227. The lowest BCUT2D eigenvalue weighted by Gasteiger charge is -2.20. The van der Waals surface area contributed by atoms with Crippen molar-refractivity contribution in [1.29, 1.82) is 0 Å². The van der Waals surface area contributed by atoms with Gasteiger partial charge in [0.25, 0.3) is 5.91 Å². The molecule has 2 aromatic rings. The fourth-order valence-electron chi connectivity index (χ4n) is 3.49. The summed E-state index contributed by atoms with van der Waals surface area (Å²) in [6.45, 7) is 2.09. The van der Waals surface area contributed by atoms with Crippen LogP contribution in [0.5, 0.6) is 5.75 Å². The number of aliphatic imine (C=N–C) groups is 1. The Morgan fingerprint density at radius 1 is 1.16 bits per heavy atom. The first-order valence-corrected chi connectivity index (χ1v) is 13.0. The topological polar surface area (TPSA) is 161 Å². The Morgan fingerprint density at radius 3 is 2.54 bits per heavy atom. The lowest BCUT2D eigenvalue weighted by Crippen LogP contribution is -2.42. The van der Waals surface area contributed by atoms with E-state index in [9.17, 15) is 24.6 Å². The van der Waals surface area contributed by atoms with Crippen molar-refractivity contribution < 1.29 is 29.3 Å². The van der Waals surface area contributed by atoms with Crippen molar-refractivity contribution >= 4 is 61.3 Å². The maximum Gasteiger partial charge on any atom is 0.308 e. The molecule has 13 heteroatoms. The number of guanidine groups is 1. The maximum atomic E-state index is 12.7. The summed E-state index contributed by atoms with van der Waals surface area (Å²) in [6.07, 6.45) is -0.670. The number of anilines is 1. The number of rotatable bonds is 9. The third-order valence-corrected chi connectivity index (χ3v) is 6.03. The number of ether oxygens (including phenoxy) is 1. The smallest absolute Gasteiger partial charge is 0.308 e. The number of carbonyl (C=O) groups is 3. The second-order valence-electron chi connectivity index (χ2n) is 8.13. The molecule has 198 valence electrons. The number of phenols is 1. The number of nitrogens with one attached hydrogen (secondary N) is 4. The van der Waals surface area contributed by atoms with E-state index in [1.807, 2.05) is 6.07 Å². The second-order valence-corrected chi connectivity index (χ2v) is 9.96. The standard InChI is InChI=1S/C24H27Br2N5O6/c1-2-37-22(35)9-20(13-3-15(25)7-16(26)4-13)31-21(34)12-27-23(36)14-5-17(8-18(32)6-14)30-24-28-10-19(33)11-29-24/h3-8,19-20,32-33H,2,9-12H2,1H3,(H,27,36)(H,31,34)(H2,28,29,30)/t20-/m0/s1. The zero-order chi connectivity index (χ0) is 26.9. The predicted molar refractivity (Wildman–Crippen MR) is 144 cm³/mol. The van der Waals surface area contributed by atoms with Gasteiger partial charge in [0, 0.05) is 32.8 Å². The van der Waals surface area contributed by atoms with Crippen molar-refractivity contribution in [3.63, 3.8) is 0 Å². The molecule has 0 bridgehead atoms. The highest BCUT2D eigenvalue weighted by Crippen LogP contribution is 2.26. The third kappa shape index (κ3) is 9.02. The molecule has 6 N–H and O–H groups in total. The minimum Gasteiger partial charge on any atom is -0.508 e. The summed E-state index contributed by atoms with van der Waals surface area (Å²) in [4.78, 5) is 41.7. The van der Waals surface area contributed by atoms with Crippen LogP contribution in [-0.2, 0) is 14.3 Å². The van der Waals surface area contributed by atoms with Crippen LogP contribution in [0.25, 0.3) is 0 Å². The van der Waals surface area contributed by atoms with E-state index in [0.29, 0.717) is 23.8 Å². The molecule has 1 aliphatic heterocycles. The van der Waals surface area contributed by atoms with Gasteiger partial charge in [0.15, 0.2) is 5.96 Å². The number of β-amino-alcohol motifs (C(OH)–C–C–N with tert-alkyl or cyclic N) is 1. The van der Waals surface area contributed by atoms with Crippen LogP contribution >= 0.6 is 31.9 Å². The zero-order valence-corrected chi connectivity index (χ0v) is 23.1. The number of nitrogens with zero attached hydrogens (tertiary/aromatic N) is 1. The Morgan fingerprint density at radius 2 is 1.89 bits per heavy atom. The van der Waals surface area contributed by atoms with E-state index in [0.717, 1.165) is 8.95 Å². The number of hydrogen-bond acceptors (Lipinski definition) is 9. The molecule has 0 radical (unpaired) electrons. The third-order valence-electron chi connectivity index (χ3n) is 5.12. The first-order chi connectivity index (χ1) is 17.6. The maximum absolute atomic E-state index is 12.7. The van der Waals surface area contributed by atoms with Crippen LogP contribution in [0.4, 0.5) is 5.69 Å². The van der Waals surface area contributed by atoms with E-state index in [1.54, 1.807) is 19.1 Å². The number of hydrogen-bond donors (Lipinski definition) is 6. The Kier molecular flexibility index (Phi) is 10.3. The molecule has 2 amide bonds. The van der Waals surface area contributed by atoms with Gasteiger partial charge in [-0.2, -0.15) is 0 Å². The van der Waals surface area contributed by atoms with Crippen molar-refractivity contribution in [1.82, 2.24) is 16.0 Å². The monoisotopic (exact) mass is 639 g/mol. The fraction of sp³-hybridized carbons (Fsp3) is 0.333. The summed E-state index contributed by atoms with van der Waals surface area (Å²) in [5.41, 5.74) is 1.18. The molecule has 11 nitrogen and oxygen atoms in total. The van der Waals surface area contributed by atoms with Crippen molar-refractivity contribution in [3.05, 3.63) is 56.5 Å². The predicted octanol–water partition coefficient (Wildman–Crippen LogP) is 2.19. The number of carbonyl (C=O) groups excluding carboxylic acids is 3. The van der Waals surface area contributed by atoms with Gasteiger partial charge < -0.3 is 36.2 Å². The normalized spacial score (nSPS) is 15.6. The van der Waals surface area contributed by atoms with Crippen LogP contribution in [0.15, 0.2) is 50.3 Å². The van der Waals surface area contributed by atoms with E-state index in [4.69, 9.17) is 4.74 Å². The number of halogens is 2. The first-order valence-electron chi connectivity index (χ1n) is 11.4. The van der Waals surface area contributed by atoms with Crippen LogP contribution in [0, 0.1) is 0 Å². The van der Waals surface area contributed by atoms with Crippen molar-refractivity contribution in [2.45, 2.75) is 25.5 Å². The molecular weight excluding hydrogens is 614 g/mol. The molecule has 1 heterocycles. The molecule has 2 aromatic carbocycles. The average molecular weight is 641 g/mol. The molecule has 1 unspecified atom stereocenters. The number of esters is 1. The van der Waals surface area contributed by atoms with Crippen LogP contribution in [0.1, 0.15) is 35.3 Å². The number of aliphatic hydroxyl groups excluding tert-OH is 1.